The number of carbonyl (C=O) groups excluding carboxylic acids is 2. The highest BCUT2D eigenvalue weighted by atomic mass is 35.5. The van der Waals surface area contributed by atoms with Crippen molar-refractivity contribution >= 4 is 35.0 Å². The molecule has 0 saturated carbocycles. The lowest BCUT2D eigenvalue weighted by molar-refractivity contribution is -0.143. The van der Waals surface area contributed by atoms with Crippen LogP contribution in [-0.4, -0.2) is 35.4 Å². The average Bonchev–Trinajstić information content (AvgIpc) is 2.79. The molecule has 0 aliphatic rings. The Hall–Kier alpha value is -2.24. The summed E-state index contributed by atoms with van der Waals surface area (Å²) in [7, 11) is 0. The zero-order chi connectivity index (χ0) is 24.5. The lowest BCUT2D eigenvalue weighted by Crippen LogP contribution is -2.51. The Balaban J connectivity index is 2.32. The maximum Gasteiger partial charge on any atom is 0.261 e. The van der Waals surface area contributed by atoms with E-state index in [4.69, 9.17) is 27.9 Å². The zero-order valence-electron chi connectivity index (χ0n) is 20.0. The van der Waals surface area contributed by atoms with Crippen molar-refractivity contribution in [3.8, 4) is 5.75 Å². The predicted octanol–water partition coefficient (Wildman–Crippen LogP) is 6.22. The maximum atomic E-state index is 13.4. The first-order valence-electron chi connectivity index (χ1n) is 11.4. The van der Waals surface area contributed by atoms with Crippen LogP contribution < -0.4 is 10.1 Å². The van der Waals surface area contributed by atoms with Crippen molar-refractivity contribution < 1.29 is 14.3 Å². The summed E-state index contributed by atoms with van der Waals surface area (Å²) < 4.78 is 5.93. The number of hydrogen-bond donors (Lipinski definition) is 1. The fourth-order valence-electron chi connectivity index (χ4n) is 3.53. The van der Waals surface area contributed by atoms with Crippen LogP contribution in [0.5, 0.6) is 5.75 Å². The van der Waals surface area contributed by atoms with Crippen molar-refractivity contribution in [2.75, 3.05) is 6.61 Å². The van der Waals surface area contributed by atoms with E-state index in [0.717, 1.165) is 12.0 Å². The van der Waals surface area contributed by atoms with Crippen molar-refractivity contribution in [3.63, 3.8) is 0 Å². The molecule has 0 heterocycles. The first-order valence-corrected chi connectivity index (χ1v) is 12.2. The van der Waals surface area contributed by atoms with Crippen LogP contribution >= 0.6 is 23.2 Å². The Morgan fingerprint density at radius 3 is 2.18 bits per heavy atom. The summed E-state index contributed by atoms with van der Waals surface area (Å²) in [6.07, 6.45) is 1.24. The predicted molar refractivity (Wildman–Crippen MR) is 135 cm³/mol. The fraction of sp³-hybridized carbons (Fsp3) is 0.462. The maximum absolute atomic E-state index is 13.4. The van der Waals surface area contributed by atoms with Gasteiger partial charge in [0.2, 0.25) is 5.91 Å². The third-order valence-electron chi connectivity index (χ3n) is 5.67. The summed E-state index contributed by atoms with van der Waals surface area (Å²) in [4.78, 5) is 28.0. The highest BCUT2D eigenvalue weighted by molar-refractivity contribution is 6.36. The van der Waals surface area contributed by atoms with Crippen LogP contribution in [0.25, 0.3) is 0 Å². The van der Waals surface area contributed by atoms with E-state index in [2.05, 4.69) is 19.2 Å². The van der Waals surface area contributed by atoms with Gasteiger partial charge in [-0.15, -0.1) is 0 Å². The normalized spacial score (nSPS) is 12.8. The molecule has 2 unspecified atom stereocenters. The van der Waals surface area contributed by atoms with Crippen LogP contribution in [0.4, 0.5) is 0 Å². The smallest absolute Gasteiger partial charge is 0.261 e. The lowest BCUT2D eigenvalue weighted by Gasteiger charge is -2.32. The topological polar surface area (TPSA) is 58.6 Å². The number of halogens is 2. The Bertz CT molecular complexity index is 929. The van der Waals surface area contributed by atoms with Gasteiger partial charge in [0, 0.05) is 28.2 Å². The molecule has 2 atom stereocenters. The van der Waals surface area contributed by atoms with Crippen molar-refractivity contribution in [2.45, 2.75) is 72.0 Å². The van der Waals surface area contributed by atoms with Crippen LogP contribution in [-0.2, 0) is 16.1 Å². The third-order valence-corrected chi connectivity index (χ3v) is 6.38. The van der Waals surface area contributed by atoms with Gasteiger partial charge in [0.05, 0.1) is 0 Å². The monoisotopic (exact) mass is 492 g/mol. The minimum atomic E-state index is -0.678. The number of nitrogens with one attached hydrogen (secondary N) is 1. The lowest BCUT2D eigenvalue weighted by atomic mass is 10.0. The van der Waals surface area contributed by atoms with E-state index >= 15 is 0 Å². The van der Waals surface area contributed by atoms with Crippen molar-refractivity contribution in [3.05, 3.63) is 63.6 Å². The van der Waals surface area contributed by atoms with Crippen molar-refractivity contribution in [1.29, 1.82) is 0 Å². The summed E-state index contributed by atoms with van der Waals surface area (Å²) in [5.74, 6) is 0.398. The quantitative estimate of drug-likeness (QED) is 0.405. The molecule has 0 radical (unpaired) electrons. The van der Waals surface area contributed by atoms with Crippen LogP contribution in [0.3, 0.4) is 0 Å². The number of benzene rings is 2. The second kappa shape index (κ2) is 12.9. The van der Waals surface area contributed by atoms with Crippen LogP contribution in [0.1, 0.15) is 64.5 Å². The molecule has 0 aliphatic carbocycles. The summed E-state index contributed by atoms with van der Waals surface area (Å²) in [5.41, 5.74) is 1.62. The van der Waals surface area contributed by atoms with Gasteiger partial charge in [-0.3, -0.25) is 9.59 Å². The molecule has 0 bridgehead atoms. The van der Waals surface area contributed by atoms with Gasteiger partial charge in [0.1, 0.15) is 11.8 Å². The molecule has 2 aromatic carbocycles. The minimum Gasteiger partial charge on any atom is -0.483 e. The third kappa shape index (κ3) is 7.38. The molecule has 0 spiro atoms. The van der Waals surface area contributed by atoms with Gasteiger partial charge in [0.15, 0.2) is 6.61 Å². The Kier molecular flexibility index (Phi) is 10.5. The summed E-state index contributed by atoms with van der Waals surface area (Å²) >= 11 is 12.8. The van der Waals surface area contributed by atoms with Crippen molar-refractivity contribution in [2.24, 2.45) is 0 Å². The van der Waals surface area contributed by atoms with E-state index in [1.165, 1.54) is 4.90 Å². The second-order valence-electron chi connectivity index (χ2n) is 8.44. The number of ether oxygens (including phenoxy) is 1. The molecule has 0 fully saturated rings. The van der Waals surface area contributed by atoms with Crippen LogP contribution in [0, 0.1) is 0 Å². The molecule has 7 heteroatoms. The molecule has 2 aromatic rings. The molecule has 0 aliphatic heterocycles. The second-order valence-corrected chi connectivity index (χ2v) is 9.26. The van der Waals surface area contributed by atoms with E-state index in [9.17, 15) is 9.59 Å². The van der Waals surface area contributed by atoms with Gasteiger partial charge < -0.3 is 15.0 Å². The molecular formula is C26H34Cl2N2O3. The highest BCUT2D eigenvalue weighted by Crippen LogP contribution is 2.28. The number of para-hydroxylation sites is 1. The van der Waals surface area contributed by atoms with Crippen LogP contribution in [0.15, 0.2) is 42.5 Å². The molecule has 33 heavy (non-hydrogen) atoms. The van der Waals surface area contributed by atoms with Crippen molar-refractivity contribution in [1.82, 2.24) is 10.2 Å². The largest absolute Gasteiger partial charge is 0.483 e. The molecule has 0 saturated heterocycles. The SMILES string of the molecule is CCC(C)NC(=O)C(CC)N(Cc1c(Cl)cccc1Cl)C(=O)COc1ccccc1C(C)C. The average molecular weight is 493 g/mol. The van der Waals surface area contributed by atoms with Gasteiger partial charge >= 0.3 is 0 Å². The van der Waals surface area contributed by atoms with E-state index in [1.54, 1.807) is 18.2 Å². The summed E-state index contributed by atoms with van der Waals surface area (Å²) in [6, 6.07) is 12.2. The van der Waals surface area contributed by atoms with Gasteiger partial charge in [-0.1, -0.05) is 75.2 Å². The molecule has 5 nitrogen and oxygen atoms in total. The number of rotatable bonds is 11. The highest BCUT2D eigenvalue weighted by Gasteiger charge is 2.30. The van der Waals surface area contributed by atoms with Gasteiger partial charge in [-0.25, -0.2) is 0 Å². The minimum absolute atomic E-state index is 0.00146. The number of amides is 2. The number of hydrogen-bond acceptors (Lipinski definition) is 3. The first-order chi connectivity index (χ1) is 15.7. The van der Waals surface area contributed by atoms with Gasteiger partial charge in [0.25, 0.3) is 5.91 Å². The van der Waals surface area contributed by atoms with E-state index < -0.39 is 6.04 Å². The molecule has 2 rings (SSSR count). The summed E-state index contributed by atoms with van der Waals surface area (Å²) in [5, 5.41) is 3.88. The van der Waals surface area contributed by atoms with Crippen LogP contribution in [0.2, 0.25) is 10.0 Å². The Morgan fingerprint density at radius 1 is 0.970 bits per heavy atom. The first kappa shape index (κ1) is 27.0. The van der Waals surface area contributed by atoms with E-state index in [-0.39, 0.29) is 36.9 Å². The molecule has 1 N–H and O–H groups in total. The van der Waals surface area contributed by atoms with E-state index in [1.807, 2.05) is 45.0 Å². The summed E-state index contributed by atoms with van der Waals surface area (Å²) in [6.45, 7) is 9.87. The molecule has 2 amide bonds. The van der Waals surface area contributed by atoms with E-state index in [0.29, 0.717) is 27.8 Å². The zero-order valence-corrected chi connectivity index (χ0v) is 21.5. The Morgan fingerprint density at radius 2 is 1.61 bits per heavy atom. The van der Waals surface area contributed by atoms with Gasteiger partial charge in [-0.2, -0.15) is 0 Å². The van der Waals surface area contributed by atoms with Gasteiger partial charge in [-0.05, 0) is 49.4 Å². The molecule has 0 aromatic heterocycles. The fourth-order valence-corrected chi connectivity index (χ4v) is 4.04. The standard InChI is InChI=1S/C26H34Cl2N2O3/c1-6-18(5)29-26(32)23(7-2)30(15-20-21(27)12-10-13-22(20)28)25(31)16-33-24-14-9-8-11-19(24)17(3)4/h8-14,17-18,23H,6-7,15-16H2,1-5H3,(H,29,32). The molecular weight excluding hydrogens is 459 g/mol. The number of nitrogens with zero attached hydrogens (tertiary/aromatic N) is 1. The Labute approximate surface area is 207 Å². The number of carbonyl (C=O) groups is 2. The molecule has 180 valence electrons.